The molecule has 17 heavy (non-hydrogen) atoms. The Morgan fingerprint density at radius 2 is 1.82 bits per heavy atom. The van der Waals surface area contributed by atoms with Crippen molar-refractivity contribution in [3.63, 3.8) is 0 Å². The van der Waals surface area contributed by atoms with Gasteiger partial charge in [0.05, 0.1) is 0 Å². The lowest BCUT2D eigenvalue weighted by Gasteiger charge is -2.24. The molecular weight excluding hydrogens is 207 g/mol. The van der Waals surface area contributed by atoms with Crippen molar-refractivity contribution >= 4 is 31.4 Å². The molecule has 0 spiro atoms. The lowest BCUT2D eigenvalue weighted by Crippen LogP contribution is -2.39. The highest BCUT2D eigenvalue weighted by molar-refractivity contribution is 6.40. The van der Waals surface area contributed by atoms with Gasteiger partial charge in [-0.3, -0.25) is 0 Å². The molecule has 0 N–H and O–H groups in total. The van der Waals surface area contributed by atoms with Crippen molar-refractivity contribution in [2.75, 3.05) is 0 Å². The second-order valence-electron chi connectivity index (χ2n) is 5.90. The van der Waals surface area contributed by atoms with E-state index in [-0.39, 0.29) is 5.21 Å². The molecule has 0 radical (unpaired) electrons. The van der Waals surface area contributed by atoms with Crippen molar-refractivity contribution in [3.05, 3.63) is 23.8 Å². The second-order valence-corrected chi connectivity index (χ2v) is 5.90. The number of benzene rings is 1. The molecule has 0 saturated heterocycles. The zero-order valence-corrected chi connectivity index (χ0v) is 11.5. The third-order valence-electron chi connectivity index (χ3n) is 3.31. The minimum absolute atomic E-state index is 0.194. The Balaban J connectivity index is 2.30. The van der Waals surface area contributed by atoms with Crippen molar-refractivity contribution in [2.24, 2.45) is 0 Å². The maximum absolute atomic E-state index is 5.79. The Morgan fingerprint density at radius 3 is 2.47 bits per heavy atom. The lowest BCUT2D eigenvalue weighted by molar-refractivity contribution is 0.0833. The fourth-order valence-electron chi connectivity index (χ4n) is 2.41. The molecule has 2 rings (SSSR count). The van der Waals surface area contributed by atoms with Crippen LogP contribution in [0.3, 0.4) is 0 Å². The fraction of sp³-hybridized carbons (Fsp3) is 0.455. The lowest BCUT2D eigenvalue weighted by atomic mass is 9.49. The molecule has 86 valence electrons. The first-order chi connectivity index (χ1) is 7.84. The van der Waals surface area contributed by atoms with Crippen molar-refractivity contribution in [3.8, 4) is 11.5 Å². The van der Waals surface area contributed by atoms with E-state index in [4.69, 9.17) is 9.47 Å². The standard InChI is InChI=1S/C11H18B4O2/c1-2-5-10(12,13)7-3-4-8-9(6-7)17-11(14,15)16-8/h3-4,6H,2,5,12-15H2,1H3. The number of hydrogen-bond acceptors (Lipinski definition) is 2. The fourth-order valence-corrected chi connectivity index (χ4v) is 2.41. The van der Waals surface area contributed by atoms with E-state index < -0.39 is 5.59 Å². The largest absolute Gasteiger partial charge is 0.467 e. The number of rotatable bonds is 3. The van der Waals surface area contributed by atoms with E-state index in [1.165, 1.54) is 18.4 Å². The van der Waals surface area contributed by atoms with Crippen LogP contribution in [0.5, 0.6) is 11.5 Å². The Bertz CT molecular complexity index is 431. The van der Waals surface area contributed by atoms with Crippen LogP contribution in [0.25, 0.3) is 0 Å². The van der Waals surface area contributed by atoms with Gasteiger partial charge in [0.1, 0.15) is 15.7 Å². The SMILES string of the molecule is BC1(B)Oc2ccc(C(B)(B)CCC)cc2O1. The van der Waals surface area contributed by atoms with Gasteiger partial charge in [-0.15, -0.1) is 0 Å². The molecule has 2 nitrogen and oxygen atoms in total. The predicted molar refractivity (Wildman–Crippen MR) is 81.2 cm³/mol. The molecule has 0 unspecified atom stereocenters. The van der Waals surface area contributed by atoms with E-state index in [0.717, 1.165) is 11.5 Å². The van der Waals surface area contributed by atoms with Crippen LogP contribution in [-0.4, -0.2) is 37.0 Å². The quantitative estimate of drug-likeness (QED) is 0.587. The maximum Gasteiger partial charge on any atom is 0.197 e. The molecule has 1 aromatic rings. The van der Waals surface area contributed by atoms with Gasteiger partial charge in [0.2, 0.25) is 0 Å². The molecule has 0 aliphatic carbocycles. The molecule has 0 fully saturated rings. The summed E-state index contributed by atoms with van der Waals surface area (Å²) in [5, 5.41) is 0.194. The minimum atomic E-state index is -0.532. The van der Waals surface area contributed by atoms with E-state index in [1.54, 1.807) is 0 Å². The van der Waals surface area contributed by atoms with Crippen LogP contribution in [0.4, 0.5) is 0 Å². The van der Waals surface area contributed by atoms with Crippen LogP contribution >= 0.6 is 0 Å². The maximum atomic E-state index is 5.79. The summed E-state index contributed by atoms with van der Waals surface area (Å²) >= 11 is 0. The van der Waals surface area contributed by atoms with Crippen LogP contribution in [0.1, 0.15) is 25.3 Å². The zero-order valence-electron chi connectivity index (χ0n) is 11.5. The van der Waals surface area contributed by atoms with Crippen molar-refractivity contribution in [1.29, 1.82) is 0 Å². The molecule has 1 aliphatic heterocycles. The molecular formula is C11H18B4O2. The zero-order chi connectivity index (χ0) is 12.7. The van der Waals surface area contributed by atoms with E-state index in [0.29, 0.717) is 0 Å². The molecule has 1 aromatic carbocycles. The minimum Gasteiger partial charge on any atom is -0.467 e. The number of fused-ring (bicyclic) bond motifs is 1. The first-order valence-corrected chi connectivity index (χ1v) is 6.37. The monoisotopic (exact) mass is 226 g/mol. The topological polar surface area (TPSA) is 18.5 Å². The van der Waals surface area contributed by atoms with Crippen molar-refractivity contribution < 1.29 is 9.47 Å². The molecule has 6 heteroatoms. The summed E-state index contributed by atoms with van der Waals surface area (Å²) < 4.78 is 11.5. The van der Waals surface area contributed by atoms with Crippen LogP contribution in [0, 0.1) is 0 Å². The molecule has 0 aromatic heterocycles. The van der Waals surface area contributed by atoms with Crippen LogP contribution < -0.4 is 9.47 Å². The van der Waals surface area contributed by atoms with Gasteiger partial charge in [0, 0.05) is 0 Å². The third kappa shape index (κ3) is 2.51. The molecule has 1 heterocycles. The van der Waals surface area contributed by atoms with E-state index >= 15 is 0 Å². The summed E-state index contributed by atoms with van der Waals surface area (Å²) in [7, 11) is 8.42. The highest BCUT2D eigenvalue weighted by Crippen LogP contribution is 2.39. The summed E-state index contributed by atoms with van der Waals surface area (Å²) in [4.78, 5) is 0. The average Bonchev–Trinajstić information content (AvgIpc) is 2.50. The van der Waals surface area contributed by atoms with Crippen LogP contribution in [0.2, 0.25) is 0 Å². The van der Waals surface area contributed by atoms with E-state index in [1.807, 2.05) is 21.8 Å². The Hall–Kier alpha value is -0.920. The first-order valence-electron chi connectivity index (χ1n) is 6.37. The van der Waals surface area contributed by atoms with Gasteiger partial charge in [-0.25, -0.2) is 0 Å². The Morgan fingerprint density at radius 1 is 1.18 bits per heavy atom. The molecule has 0 atom stereocenters. The van der Waals surface area contributed by atoms with E-state index in [9.17, 15) is 0 Å². The van der Waals surface area contributed by atoms with Gasteiger partial charge < -0.3 is 9.47 Å². The van der Waals surface area contributed by atoms with Crippen LogP contribution in [0.15, 0.2) is 18.2 Å². The highest BCUT2D eigenvalue weighted by Gasteiger charge is 2.32. The smallest absolute Gasteiger partial charge is 0.197 e. The first kappa shape index (κ1) is 12.5. The second kappa shape index (κ2) is 4.08. The number of hydrogen-bond donors (Lipinski definition) is 0. The van der Waals surface area contributed by atoms with Crippen molar-refractivity contribution in [2.45, 2.75) is 30.6 Å². The highest BCUT2D eigenvalue weighted by atomic mass is 16.7. The van der Waals surface area contributed by atoms with Gasteiger partial charge in [-0.1, -0.05) is 36.6 Å². The van der Waals surface area contributed by atoms with Crippen LogP contribution in [-0.2, 0) is 5.21 Å². The summed E-state index contributed by atoms with van der Waals surface area (Å²) in [6.07, 6.45) is 2.36. The third-order valence-corrected chi connectivity index (χ3v) is 3.31. The van der Waals surface area contributed by atoms with Crippen molar-refractivity contribution in [1.82, 2.24) is 0 Å². The molecule has 0 saturated carbocycles. The summed E-state index contributed by atoms with van der Waals surface area (Å²) in [5.41, 5.74) is 0.787. The van der Waals surface area contributed by atoms with Gasteiger partial charge in [0.15, 0.2) is 32.8 Å². The summed E-state index contributed by atoms with van der Waals surface area (Å²) in [5.74, 6) is 1.72. The normalized spacial score (nSPS) is 17.0. The van der Waals surface area contributed by atoms with Gasteiger partial charge in [-0.05, 0) is 12.1 Å². The van der Waals surface area contributed by atoms with Gasteiger partial charge in [0.25, 0.3) is 0 Å². The summed E-state index contributed by atoms with van der Waals surface area (Å²) in [6, 6.07) is 6.30. The van der Waals surface area contributed by atoms with Gasteiger partial charge in [-0.2, -0.15) is 0 Å². The Kier molecular flexibility index (Phi) is 3.01. The van der Waals surface area contributed by atoms with Gasteiger partial charge >= 0.3 is 0 Å². The summed E-state index contributed by atoms with van der Waals surface area (Å²) in [6.45, 7) is 2.22. The molecule has 0 bridgehead atoms. The average molecular weight is 226 g/mol. The molecule has 0 amide bonds. The number of ether oxygens (including phenoxy) is 2. The Labute approximate surface area is 107 Å². The van der Waals surface area contributed by atoms with E-state index in [2.05, 4.69) is 34.7 Å². The molecule has 1 aliphatic rings. The predicted octanol–water partition coefficient (Wildman–Crippen LogP) is -1.45.